The van der Waals surface area contributed by atoms with Gasteiger partial charge in [0.2, 0.25) is 0 Å². The van der Waals surface area contributed by atoms with Crippen LogP contribution in [0.5, 0.6) is 0 Å². The van der Waals surface area contributed by atoms with Crippen molar-refractivity contribution in [2.75, 3.05) is 6.61 Å². The molecular weight excluding hydrogens is 382 g/mol. The van der Waals surface area contributed by atoms with E-state index in [1.54, 1.807) is 24.0 Å². The van der Waals surface area contributed by atoms with Crippen molar-refractivity contribution in [1.82, 2.24) is 24.6 Å². The lowest BCUT2D eigenvalue weighted by molar-refractivity contribution is -0.122. The van der Waals surface area contributed by atoms with Crippen LogP contribution in [-0.4, -0.2) is 42.9 Å². The Morgan fingerprint density at radius 1 is 1.03 bits per heavy atom. The maximum Gasteiger partial charge on any atom is 0.261 e. The van der Waals surface area contributed by atoms with Crippen molar-refractivity contribution in [3.63, 3.8) is 0 Å². The minimum absolute atomic E-state index is 0.0711. The number of aliphatic hydroxyl groups is 1. The number of imide groups is 1. The molecule has 2 N–H and O–H groups in total. The smallest absolute Gasteiger partial charge is 0.261 e. The zero-order chi connectivity index (χ0) is 20.8. The van der Waals surface area contributed by atoms with Crippen LogP contribution in [0.25, 0.3) is 33.1 Å². The second kappa shape index (κ2) is 6.93. The van der Waals surface area contributed by atoms with E-state index in [0.29, 0.717) is 40.8 Å². The molecule has 1 aliphatic rings. The van der Waals surface area contributed by atoms with Crippen molar-refractivity contribution >= 4 is 44.9 Å². The van der Waals surface area contributed by atoms with E-state index in [0.717, 1.165) is 10.9 Å². The maximum atomic E-state index is 12.9. The average Bonchev–Trinajstić information content (AvgIpc) is 3.37. The summed E-state index contributed by atoms with van der Waals surface area (Å²) in [6, 6.07) is 11.3. The first-order valence-electron chi connectivity index (χ1n) is 9.67. The van der Waals surface area contributed by atoms with E-state index in [9.17, 15) is 14.7 Å². The van der Waals surface area contributed by atoms with Crippen LogP contribution < -0.4 is 5.32 Å². The van der Waals surface area contributed by atoms with Crippen molar-refractivity contribution in [3.8, 4) is 0 Å². The van der Waals surface area contributed by atoms with E-state index in [1.807, 2.05) is 41.1 Å². The number of carbonyl (C=O) groups excluding carboxylic acids is 2. The highest BCUT2D eigenvalue weighted by Crippen LogP contribution is 2.37. The quantitative estimate of drug-likeness (QED) is 0.497. The lowest BCUT2D eigenvalue weighted by Gasteiger charge is -2.02. The Kier molecular flexibility index (Phi) is 4.22. The topological polar surface area (TPSA) is 102 Å². The molecule has 0 spiro atoms. The summed E-state index contributed by atoms with van der Waals surface area (Å²) >= 11 is 0. The third-order valence-corrected chi connectivity index (χ3v) is 5.38. The number of pyridine rings is 1. The number of rotatable bonds is 5. The first-order chi connectivity index (χ1) is 14.6. The molecule has 5 rings (SSSR count). The number of fused-ring (bicyclic) bond motifs is 2. The van der Waals surface area contributed by atoms with Crippen molar-refractivity contribution in [1.29, 1.82) is 0 Å². The molecule has 0 bridgehead atoms. The maximum absolute atomic E-state index is 12.9. The first-order valence-corrected chi connectivity index (χ1v) is 9.67. The summed E-state index contributed by atoms with van der Waals surface area (Å²) in [5.74, 6) is -0.909. The predicted octanol–water partition coefficient (Wildman–Crippen LogP) is 1.87. The molecule has 8 nitrogen and oxygen atoms in total. The highest BCUT2D eigenvalue weighted by molar-refractivity contribution is 6.50. The third kappa shape index (κ3) is 2.65. The number of para-hydroxylation sites is 1. The highest BCUT2D eigenvalue weighted by atomic mass is 16.3. The van der Waals surface area contributed by atoms with Gasteiger partial charge in [-0.05, 0) is 24.6 Å². The molecule has 0 unspecified atom stereocenters. The number of hydrogen-bond donors (Lipinski definition) is 2. The fourth-order valence-electron chi connectivity index (χ4n) is 4.09. The number of hydrogen-bond acceptors (Lipinski definition) is 5. The van der Waals surface area contributed by atoms with Gasteiger partial charge < -0.3 is 9.67 Å². The van der Waals surface area contributed by atoms with Crippen molar-refractivity contribution in [2.24, 2.45) is 7.05 Å². The molecule has 150 valence electrons. The Morgan fingerprint density at radius 3 is 2.63 bits per heavy atom. The second-order valence-corrected chi connectivity index (χ2v) is 7.21. The minimum atomic E-state index is -0.467. The summed E-state index contributed by atoms with van der Waals surface area (Å²) < 4.78 is 3.61. The summed E-state index contributed by atoms with van der Waals surface area (Å²) in [4.78, 5) is 30.1. The van der Waals surface area contributed by atoms with Crippen LogP contribution >= 0.6 is 0 Å². The molecule has 0 fully saturated rings. The number of amides is 2. The van der Waals surface area contributed by atoms with E-state index in [4.69, 9.17) is 0 Å². The van der Waals surface area contributed by atoms with E-state index < -0.39 is 11.8 Å². The molecule has 30 heavy (non-hydrogen) atoms. The van der Waals surface area contributed by atoms with Gasteiger partial charge in [0.25, 0.3) is 11.8 Å². The van der Waals surface area contributed by atoms with Gasteiger partial charge >= 0.3 is 0 Å². The molecular formula is C22H19N5O3. The summed E-state index contributed by atoms with van der Waals surface area (Å²) in [5, 5.41) is 17.8. The minimum Gasteiger partial charge on any atom is -0.396 e. The van der Waals surface area contributed by atoms with Gasteiger partial charge in [-0.3, -0.25) is 14.9 Å². The molecule has 8 heteroatoms. The Bertz CT molecular complexity index is 1360. The van der Waals surface area contributed by atoms with Crippen molar-refractivity contribution < 1.29 is 14.7 Å². The number of aliphatic hydroxyl groups excluding tert-OH is 1. The van der Waals surface area contributed by atoms with Gasteiger partial charge in [-0.25, -0.2) is 9.67 Å². The zero-order valence-electron chi connectivity index (χ0n) is 16.3. The summed E-state index contributed by atoms with van der Waals surface area (Å²) in [5.41, 5.74) is 3.24. The van der Waals surface area contributed by atoms with Gasteiger partial charge in [-0.15, -0.1) is 0 Å². The van der Waals surface area contributed by atoms with Crippen molar-refractivity contribution in [3.05, 3.63) is 60.0 Å². The standard InChI is InChI=1S/C22H19N5O3/c1-26-20-14(7-4-9-23-20)19(25-26)18-17(21(29)24-22(18)30)15-12-27(10-5-11-28)16-8-3-2-6-13(15)16/h2-4,6-9,12,28H,5,10-11H2,1H3,(H,24,29,30). The predicted molar refractivity (Wildman–Crippen MR) is 112 cm³/mol. The van der Waals surface area contributed by atoms with Gasteiger partial charge in [-0.1, -0.05) is 18.2 Å². The molecule has 1 aromatic carbocycles. The van der Waals surface area contributed by atoms with Crippen LogP contribution in [0.1, 0.15) is 17.7 Å². The lowest BCUT2D eigenvalue weighted by Crippen LogP contribution is -2.22. The summed E-state index contributed by atoms with van der Waals surface area (Å²) in [6.07, 6.45) is 4.13. The number of aromatic nitrogens is 4. The van der Waals surface area contributed by atoms with Crippen molar-refractivity contribution in [2.45, 2.75) is 13.0 Å². The molecule has 4 heterocycles. The fourth-order valence-corrected chi connectivity index (χ4v) is 4.09. The number of nitrogens with one attached hydrogen (secondary N) is 1. The Labute approximate surface area is 171 Å². The molecule has 0 aliphatic carbocycles. The molecule has 0 saturated carbocycles. The van der Waals surface area contributed by atoms with Crippen LogP contribution in [0, 0.1) is 0 Å². The van der Waals surface area contributed by atoms with Crippen LogP contribution in [0.15, 0.2) is 48.8 Å². The molecule has 2 amide bonds. The summed E-state index contributed by atoms with van der Waals surface area (Å²) in [7, 11) is 1.76. The number of aryl methyl sites for hydroxylation is 2. The first kappa shape index (κ1) is 18.3. The van der Waals surface area contributed by atoms with E-state index >= 15 is 0 Å². The Hall–Kier alpha value is -3.78. The Balaban J connectivity index is 1.81. The average molecular weight is 401 g/mol. The van der Waals surface area contributed by atoms with Gasteiger partial charge in [0.1, 0.15) is 5.69 Å². The molecule has 1 aliphatic heterocycles. The van der Waals surface area contributed by atoms with Crippen LogP contribution in [-0.2, 0) is 23.2 Å². The number of carbonyl (C=O) groups is 2. The SMILES string of the molecule is Cn1nc(C2=C(c3cn(CCCO)c4ccccc34)C(=O)NC2=O)c2cccnc21. The van der Waals surface area contributed by atoms with Gasteiger partial charge in [-0.2, -0.15) is 5.10 Å². The van der Waals surface area contributed by atoms with E-state index in [-0.39, 0.29) is 12.2 Å². The van der Waals surface area contributed by atoms with Crippen LogP contribution in [0.4, 0.5) is 0 Å². The largest absolute Gasteiger partial charge is 0.396 e. The molecule has 0 atom stereocenters. The molecule has 0 saturated heterocycles. The molecule has 4 aromatic rings. The van der Waals surface area contributed by atoms with Gasteiger partial charge in [0.05, 0.1) is 11.1 Å². The zero-order valence-corrected chi connectivity index (χ0v) is 16.3. The van der Waals surface area contributed by atoms with Gasteiger partial charge in [0, 0.05) is 54.4 Å². The second-order valence-electron chi connectivity index (χ2n) is 7.21. The number of nitrogens with zero attached hydrogens (tertiary/aromatic N) is 4. The highest BCUT2D eigenvalue weighted by Gasteiger charge is 2.36. The number of benzene rings is 1. The van der Waals surface area contributed by atoms with Crippen LogP contribution in [0.2, 0.25) is 0 Å². The summed E-state index contributed by atoms with van der Waals surface area (Å²) in [6.45, 7) is 0.674. The molecule has 3 aromatic heterocycles. The fraction of sp³-hybridized carbons (Fsp3) is 0.182. The normalized spacial score (nSPS) is 14.3. The monoisotopic (exact) mass is 401 g/mol. The Morgan fingerprint density at radius 2 is 1.80 bits per heavy atom. The van der Waals surface area contributed by atoms with E-state index in [1.165, 1.54) is 0 Å². The van der Waals surface area contributed by atoms with Gasteiger partial charge in [0.15, 0.2) is 5.65 Å². The molecule has 0 radical (unpaired) electrons. The lowest BCUT2D eigenvalue weighted by atomic mass is 9.98. The van der Waals surface area contributed by atoms with E-state index in [2.05, 4.69) is 15.4 Å². The van der Waals surface area contributed by atoms with Crippen LogP contribution in [0.3, 0.4) is 0 Å². The third-order valence-electron chi connectivity index (χ3n) is 5.38.